The van der Waals surface area contributed by atoms with Crippen LogP contribution in [0.1, 0.15) is 49.7 Å². The van der Waals surface area contributed by atoms with Gasteiger partial charge in [-0.25, -0.2) is 0 Å². The zero-order valence-electron chi connectivity index (χ0n) is 17.7. The maximum Gasteiger partial charge on any atom is 0.310 e. The fourth-order valence-corrected chi connectivity index (χ4v) is 7.65. The fraction of sp³-hybridized carbons (Fsp3) is 0.667. The van der Waals surface area contributed by atoms with Gasteiger partial charge in [0, 0.05) is 25.4 Å². The van der Waals surface area contributed by atoms with Crippen LogP contribution in [0.3, 0.4) is 0 Å². The number of benzene rings is 1. The average molecular weight is 414 g/mol. The number of aliphatic carboxylic acids is 1. The lowest BCUT2D eigenvalue weighted by Gasteiger charge is -2.52. The smallest absolute Gasteiger partial charge is 0.310 e. The maximum atomic E-state index is 13.3. The summed E-state index contributed by atoms with van der Waals surface area (Å²) in [7, 11) is 3.22. The SMILES string of the molecule is COCO[C@]12C[C@H](Cc3cc(OC)ccc31)[C@@]1(C(=O)O)[C@@H]3CCCC[C@H]3C(=O)C[C@H]12. The first-order valence-electron chi connectivity index (χ1n) is 11.1. The number of methoxy groups -OCH3 is 2. The zero-order chi connectivity index (χ0) is 21.1. The Morgan fingerprint density at radius 3 is 2.73 bits per heavy atom. The van der Waals surface area contributed by atoms with Crippen LogP contribution >= 0.6 is 0 Å². The van der Waals surface area contributed by atoms with Crippen LogP contribution in [0.15, 0.2) is 18.2 Å². The number of ether oxygens (including phenoxy) is 3. The highest BCUT2D eigenvalue weighted by atomic mass is 16.7. The first-order chi connectivity index (χ1) is 14.5. The Bertz CT molecular complexity index is 880. The third kappa shape index (κ3) is 2.43. The molecular weight excluding hydrogens is 384 g/mol. The fourth-order valence-electron chi connectivity index (χ4n) is 7.65. The van der Waals surface area contributed by atoms with Gasteiger partial charge in [-0.1, -0.05) is 18.9 Å². The molecule has 2 bridgehead atoms. The number of carbonyl (C=O) groups excluding carboxylic acids is 1. The molecule has 3 saturated carbocycles. The van der Waals surface area contributed by atoms with E-state index in [1.165, 1.54) is 0 Å². The standard InChI is InChI=1S/C24H30O6/c1-28-13-30-23-12-15(9-14-10-16(29-2)7-8-18(14)23)24(22(26)27)19-6-4-3-5-17(19)20(25)11-21(23)24/h7-8,10,15,17,19,21H,3-6,9,11-13H2,1-2H3,(H,26,27)/t15-,17+,19+,21-,23+,24+/m0/s1. The van der Waals surface area contributed by atoms with E-state index in [9.17, 15) is 14.7 Å². The van der Waals surface area contributed by atoms with E-state index in [0.717, 1.165) is 42.6 Å². The molecule has 0 aliphatic heterocycles. The number of ketones is 1. The van der Waals surface area contributed by atoms with E-state index < -0.39 is 17.0 Å². The number of hydrogen-bond acceptors (Lipinski definition) is 5. The lowest BCUT2D eigenvalue weighted by atomic mass is 9.50. The van der Waals surface area contributed by atoms with Gasteiger partial charge in [0.2, 0.25) is 0 Å². The van der Waals surface area contributed by atoms with Crippen molar-refractivity contribution in [2.75, 3.05) is 21.0 Å². The van der Waals surface area contributed by atoms with Crippen molar-refractivity contribution in [1.82, 2.24) is 0 Å². The van der Waals surface area contributed by atoms with Crippen LogP contribution in [0.4, 0.5) is 0 Å². The minimum Gasteiger partial charge on any atom is -0.497 e. The zero-order valence-corrected chi connectivity index (χ0v) is 17.7. The Labute approximate surface area is 176 Å². The Hall–Kier alpha value is -1.92. The van der Waals surface area contributed by atoms with Crippen molar-refractivity contribution < 1.29 is 28.9 Å². The second kappa shape index (κ2) is 7.06. The summed E-state index contributed by atoms with van der Waals surface area (Å²) in [6.07, 6.45) is 5.24. The molecule has 1 aromatic carbocycles. The molecule has 1 N–H and O–H groups in total. The molecule has 0 heterocycles. The van der Waals surface area contributed by atoms with Crippen LogP contribution < -0.4 is 4.74 Å². The van der Waals surface area contributed by atoms with Gasteiger partial charge >= 0.3 is 5.97 Å². The van der Waals surface area contributed by atoms with Crippen LogP contribution in [0, 0.1) is 29.1 Å². The molecule has 6 nitrogen and oxygen atoms in total. The van der Waals surface area contributed by atoms with E-state index in [-0.39, 0.29) is 42.7 Å². The van der Waals surface area contributed by atoms with E-state index in [1.54, 1.807) is 14.2 Å². The van der Waals surface area contributed by atoms with Gasteiger partial charge in [0.15, 0.2) is 0 Å². The molecule has 3 fully saturated rings. The molecule has 4 aliphatic rings. The summed E-state index contributed by atoms with van der Waals surface area (Å²) in [6, 6.07) is 5.93. The lowest BCUT2D eigenvalue weighted by Crippen LogP contribution is -2.58. The highest BCUT2D eigenvalue weighted by molar-refractivity contribution is 5.88. The Kier molecular flexibility index (Phi) is 4.71. The molecule has 6 atom stereocenters. The summed E-state index contributed by atoms with van der Waals surface area (Å²) in [6.45, 7) is 0.0761. The summed E-state index contributed by atoms with van der Waals surface area (Å²) < 4.78 is 17.1. The number of fused-ring (bicyclic) bond motifs is 9. The molecule has 6 heteroatoms. The van der Waals surface area contributed by atoms with Crippen molar-refractivity contribution >= 4 is 11.8 Å². The molecule has 30 heavy (non-hydrogen) atoms. The number of carbonyl (C=O) groups is 2. The van der Waals surface area contributed by atoms with Crippen molar-refractivity contribution in [2.24, 2.45) is 29.1 Å². The predicted octanol–water partition coefficient (Wildman–Crippen LogP) is 3.55. The molecule has 0 saturated heterocycles. The summed E-state index contributed by atoms with van der Waals surface area (Å²) in [5.41, 5.74) is 0.346. The molecule has 1 aromatic rings. The molecule has 4 aliphatic carbocycles. The number of carboxylic acid groups (broad SMARTS) is 1. The molecule has 162 valence electrons. The van der Waals surface area contributed by atoms with Crippen molar-refractivity contribution in [3.05, 3.63) is 29.3 Å². The molecule has 0 aromatic heterocycles. The van der Waals surface area contributed by atoms with Gasteiger partial charge in [0.1, 0.15) is 23.9 Å². The van der Waals surface area contributed by atoms with Gasteiger partial charge < -0.3 is 19.3 Å². The summed E-state index contributed by atoms with van der Waals surface area (Å²) in [5, 5.41) is 10.8. The van der Waals surface area contributed by atoms with Crippen LogP contribution in [0.2, 0.25) is 0 Å². The minimum absolute atomic E-state index is 0.0600. The molecule has 5 rings (SSSR count). The average Bonchev–Trinajstić information content (AvgIpc) is 2.99. The second-order valence-electron chi connectivity index (χ2n) is 9.53. The predicted molar refractivity (Wildman–Crippen MR) is 108 cm³/mol. The van der Waals surface area contributed by atoms with Crippen molar-refractivity contribution in [3.63, 3.8) is 0 Å². The number of carboxylic acids is 1. The highest BCUT2D eigenvalue weighted by Crippen LogP contribution is 2.71. The van der Waals surface area contributed by atoms with Gasteiger partial charge in [0.25, 0.3) is 0 Å². The van der Waals surface area contributed by atoms with E-state index in [1.807, 2.05) is 18.2 Å². The molecular formula is C24H30O6. The summed E-state index contributed by atoms with van der Waals surface area (Å²) in [5.74, 6) is -0.420. The quantitative estimate of drug-likeness (QED) is 0.742. The normalized spacial score (nSPS) is 39.1. The second-order valence-corrected chi connectivity index (χ2v) is 9.53. The Morgan fingerprint density at radius 1 is 1.20 bits per heavy atom. The van der Waals surface area contributed by atoms with Crippen molar-refractivity contribution in [2.45, 2.75) is 50.5 Å². The third-order valence-electron chi connectivity index (χ3n) is 8.60. The summed E-state index contributed by atoms with van der Waals surface area (Å²) >= 11 is 0. The molecule has 0 spiro atoms. The van der Waals surface area contributed by atoms with Crippen LogP contribution in [0.5, 0.6) is 5.75 Å². The summed E-state index contributed by atoms with van der Waals surface area (Å²) in [4.78, 5) is 26.4. The van der Waals surface area contributed by atoms with E-state index in [4.69, 9.17) is 14.2 Å². The Balaban J connectivity index is 1.72. The highest BCUT2D eigenvalue weighted by Gasteiger charge is 2.74. The van der Waals surface area contributed by atoms with Crippen LogP contribution in [-0.4, -0.2) is 37.9 Å². The van der Waals surface area contributed by atoms with Gasteiger partial charge in [-0.15, -0.1) is 0 Å². The van der Waals surface area contributed by atoms with Gasteiger partial charge in [-0.3, -0.25) is 9.59 Å². The van der Waals surface area contributed by atoms with E-state index >= 15 is 0 Å². The molecule has 0 amide bonds. The molecule has 0 radical (unpaired) electrons. The topological polar surface area (TPSA) is 82.1 Å². The number of rotatable bonds is 5. The first kappa shape index (κ1) is 20.0. The minimum atomic E-state index is -0.932. The van der Waals surface area contributed by atoms with Crippen LogP contribution in [0.25, 0.3) is 0 Å². The Morgan fingerprint density at radius 2 is 2.00 bits per heavy atom. The monoisotopic (exact) mass is 414 g/mol. The number of hydrogen-bond donors (Lipinski definition) is 1. The lowest BCUT2D eigenvalue weighted by molar-refractivity contribution is -0.195. The third-order valence-corrected chi connectivity index (χ3v) is 8.60. The van der Waals surface area contributed by atoms with E-state index in [2.05, 4.69) is 0 Å². The van der Waals surface area contributed by atoms with Gasteiger partial charge in [-0.05, 0) is 60.8 Å². The van der Waals surface area contributed by atoms with Gasteiger partial charge in [-0.2, -0.15) is 0 Å². The van der Waals surface area contributed by atoms with E-state index in [0.29, 0.717) is 12.8 Å². The van der Waals surface area contributed by atoms with Crippen molar-refractivity contribution in [3.8, 4) is 5.75 Å². The largest absolute Gasteiger partial charge is 0.497 e. The maximum absolute atomic E-state index is 13.3. The molecule has 0 unspecified atom stereocenters. The first-order valence-corrected chi connectivity index (χ1v) is 11.1. The van der Waals surface area contributed by atoms with Crippen LogP contribution in [-0.2, 0) is 31.1 Å². The number of Topliss-reactive ketones (excluding diaryl/α,β-unsaturated/α-hetero) is 1. The van der Waals surface area contributed by atoms with Crippen molar-refractivity contribution in [1.29, 1.82) is 0 Å². The van der Waals surface area contributed by atoms with Gasteiger partial charge in [0.05, 0.1) is 12.5 Å².